The maximum atomic E-state index is 13.2. The molecule has 2 aromatic carbocycles. The number of thiazole rings is 1. The number of benzene rings is 2. The summed E-state index contributed by atoms with van der Waals surface area (Å²) in [4.78, 5) is 28.7. The second-order valence-corrected chi connectivity index (χ2v) is 11.0. The van der Waals surface area contributed by atoms with Crippen molar-refractivity contribution in [3.63, 3.8) is 0 Å². The molecule has 0 atom stereocenters. The van der Waals surface area contributed by atoms with Crippen LogP contribution in [0.4, 0.5) is 5.13 Å². The molecule has 0 saturated carbocycles. The van der Waals surface area contributed by atoms with E-state index in [0.29, 0.717) is 12.1 Å². The first-order valence-electron chi connectivity index (χ1n) is 12.2. The van der Waals surface area contributed by atoms with Crippen LogP contribution in [0.5, 0.6) is 0 Å². The third-order valence-electron chi connectivity index (χ3n) is 6.70. The number of anilines is 1. The van der Waals surface area contributed by atoms with Crippen LogP contribution in [-0.4, -0.2) is 60.0 Å². The molecule has 1 saturated heterocycles. The SMILES string of the molecule is Cc1cccc2sc(N3CCN(CCNC(=O)c4cc(-c5cccs5)nc5ccccc45)CC3)nc12. The van der Waals surface area contributed by atoms with Crippen LogP contribution in [-0.2, 0) is 0 Å². The molecule has 3 aromatic heterocycles. The van der Waals surface area contributed by atoms with Crippen molar-refractivity contribution in [2.45, 2.75) is 6.92 Å². The molecular formula is C28H27N5OS2. The molecule has 6 nitrogen and oxygen atoms in total. The number of hydrogen-bond acceptors (Lipinski definition) is 7. The summed E-state index contributed by atoms with van der Waals surface area (Å²) in [6, 6.07) is 20.2. The van der Waals surface area contributed by atoms with E-state index in [1.165, 1.54) is 10.3 Å². The van der Waals surface area contributed by atoms with Gasteiger partial charge in [0.25, 0.3) is 5.91 Å². The lowest BCUT2D eigenvalue weighted by Crippen LogP contribution is -2.48. The van der Waals surface area contributed by atoms with Crippen LogP contribution in [0.25, 0.3) is 31.7 Å². The zero-order chi connectivity index (χ0) is 24.5. The van der Waals surface area contributed by atoms with Gasteiger partial charge < -0.3 is 10.2 Å². The maximum Gasteiger partial charge on any atom is 0.252 e. The molecule has 36 heavy (non-hydrogen) atoms. The van der Waals surface area contributed by atoms with Crippen LogP contribution in [0.3, 0.4) is 0 Å². The number of thiophene rings is 1. The number of nitrogens with zero attached hydrogens (tertiary/aromatic N) is 4. The van der Waals surface area contributed by atoms with E-state index in [-0.39, 0.29) is 5.91 Å². The number of amides is 1. The highest BCUT2D eigenvalue weighted by Gasteiger charge is 2.20. The topological polar surface area (TPSA) is 61.4 Å². The highest BCUT2D eigenvalue weighted by atomic mass is 32.1. The molecule has 6 rings (SSSR count). The van der Waals surface area contributed by atoms with E-state index < -0.39 is 0 Å². The van der Waals surface area contributed by atoms with E-state index in [1.807, 2.05) is 47.8 Å². The fraction of sp³-hybridized carbons (Fsp3) is 0.250. The first-order valence-corrected chi connectivity index (χ1v) is 13.9. The quantitative estimate of drug-likeness (QED) is 0.328. The second kappa shape index (κ2) is 9.97. The van der Waals surface area contributed by atoms with Gasteiger partial charge in [0.2, 0.25) is 0 Å². The van der Waals surface area contributed by atoms with Gasteiger partial charge in [-0.15, -0.1) is 11.3 Å². The smallest absolute Gasteiger partial charge is 0.252 e. The third kappa shape index (κ3) is 4.59. The highest BCUT2D eigenvalue weighted by Crippen LogP contribution is 2.31. The van der Waals surface area contributed by atoms with Crippen LogP contribution < -0.4 is 10.2 Å². The van der Waals surface area contributed by atoms with Gasteiger partial charge in [-0.25, -0.2) is 9.97 Å². The number of fused-ring (bicyclic) bond motifs is 2. The lowest BCUT2D eigenvalue weighted by Gasteiger charge is -2.34. The standard InChI is InChI=1S/C28H27N5OS2/c1-19-6-4-9-25-26(19)31-28(36-25)33-15-13-32(14-16-33)12-11-29-27(34)21-18-23(24-10-5-17-35-24)30-22-8-3-2-7-20(21)22/h2-10,17-18H,11-16H2,1H3,(H,29,34). The van der Waals surface area contributed by atoms with E-state index in [0.717, 1.165) is 64.8 Å². The molecule has 1 amide bonds. The summed E-state index contributed by atoms with van der Waals surface area (Å²) in [5.41, 5.74) is 4.71. The summed E-state index contributed by atoms with van der Waals surface area (Å²) in [5, 5.41) is 7.17. The Labute approximate surface area is 218 Å². The number of rotatable bonds is 6. The average Bonchev–Trinajstić information content (AvgIpc) is 3.60. The van der Waals surface area contributed by atoms with Gasteiger partial charge in [0.05, 0.1) is 31.9 Å². The zero-order valence-corrected chi connectivity index (χ0v) is 21.7. The molecule has 0 radical (unpaired) electrons. The number of nitrogens with one attached hydrogen (secondary N) is 1. The summed E-state index contributed by atoms with van der Waals surface area (Å²) in [7, 11) is 0. The largest absolute Gasteiger partial charge is 0.351 e. The Balaban J connectivity index is 1.07. The molecule has 0 aliphatic carbocycles. The van der Waals surface area contributed by atoms with Crippen LogP contribution in [0, 0.1) is 6.92 Å². The summed E-state index contributed by atoms with van der Waals surface area (Å²) < 4.78 is 1.25. The zero-order valence-electron chi connectivity index (χ0n) is 20.1. The van der Waals surface area contributed by atoms with Gasteiger partial charge in [0, 0.05) is 44.7 Å². The van der Waals surface area contributed by atoms with Gasteiger partial charge in [-0.3, -0.25) is 9.69 Å². The van der Waals surface area contributed by atoms with Gasteiger partial charge in [-0.1, -0.05) is 47.7 Å². The number of carbonyl (C=O) groups excluding carboxylic acids is 1. The summed E-state index contributed by atoms with van der Waals surface area (Å²) in [6.45, 7) is 7.40. The van der Waals surface area contributed by atoms with Crippen molar-refractivity contribution in [1.29, 1.82) is 0 Å². The Morgan fingerprint density at radius 2 is 1.86 bits per heavy atom. The van der Waals surface area contributed by atoms with Gasteiger partial charge >= 0.3 is 0 Å². The Hall–Kier alpha value is -3.33. The lowest BCUT2D eigenvalue weighted by atomic mass is 10.1. The predicted molar refractivity (Wildman–Crippen MR) is 150 cm³/mol. The third-order valence-corrected chi connectivity index (χ3v) is 8.67. The Bertz CT molecular complexity index is 1520. The number of para-hydroxylation sites is 2. The Morgan fingerprint density at radius 1 is 1.00 bits per heavy atom. The number of aryl methyl sites for hydroxylation is 1. The lowest BCUT2D eigenvalue weighted by molar-refractivity contribution is 0.0949. The minimum Gasteiger partial charge on any atom is -0.351 e. The molecule has 0 unspecified atom stereocenters. The van der Waals surface area contributed by atoms with Gasteiger partial charge in [-0.2, -0.15) is 0 Å². The number of carbonyl (C=O) groups is 1. The normalized spacial score (nSPS) is 14.5. The van der Waals surface area contributed by atoms with Crippen molar-refractivity contribution in [3.8, 4) is 10.6 Å². The van der Waals surface area contributed by atoms with E-state index in [9.17, 15) is 4.79 Å². The fourth-order valence-electron chi connectivity index (χ4n) is 4.71. The van der Waals surface area contributed by atoms with Crippen LogP contribution in [0.1, 0.15) is 15.9 Å². The van der Waals surface area contributed by atoms with Crippen LogP contribution in [0.2, 0.25) is 0 Å². The van der Waals surface area contributed by atoms with E-state index in [2.05, 4.69) is 40.2 Å². The molecule has 1 aliphatic rings. The monoisotopic (exact) mass is 513 g/mol. The van der Waals surface area contributed by atoms with E-state index in [1.54, 1.807) is 22.7 Å². The predicted octanol–water partition coefficient (Wildman–Crippen LogP) is 5.43. The molecule has 0 bridgehead atoms. The van der Waals surface area contributed by atoms with Crippen molar-refractivity contribution >= 4 is 54.8 Å². The second-order valence-electron chi connectivity index (χ2n) is 9.05. The molecule has 5 aromatic rings. The first kappa shape index (κ1) is 23.1. The number of aromatic nitrogens is 2. The molecule has 1 aliphatic heterocycles. The maximum absolute atomic E-state index is 13.2. The van der Waals surface area contributed by atoms with E-state index >= 15 is 0 Å². The van der Waals surface area contributed by atoms with Crippen molar-refractivity contribution in [3.05, 3.63) is 77.2 Å². The van der Waals surface area contributed by atoms with Crippen LogP contribution in [0.15, 0.2) is 66.0 Å². The van der Waals surface area contributed by atoms with Crippen molar-refractivity contribution in [1.82, 2.24) is 20.2 Å². The Kier molecular flexibility index (Phi) is 6.39. The van der Waals surface area contributed by atoms with Crippen molar-refractivity contribution < 1.29 is 4.79 Å². The fourth-order valence-corrected chi connectivity index (χ4v) is 6.49. The minimum atomic E-state index is -0.0464. The van der Waals surface area contributed by atoms with Crippen molar-refractivity contribution in [2.75, 3.05) is 44.2 Å². The molecule has 182 valence electrons. The minimum absolute atomic E-state index is 0.0464. The number of hydrogen-bond donors (Lipinski definition) is 1. The molecule has 1 fully saturated rings. The number of piperazine rings is 1. The van der Waals surface area contributed by atoms with E-state index in [4.69, 9.17) is 9.97 Å². The van der Waals surface area contributed by atoms with Gasteiger partial charge in [0.15, 0.2) is 5.13 Å². The molecule has 0 spiro atoms. The average molecular weight is 514 g/mol. The summed E-state index contributed by atoms with van der Waals surface area (Å²) in [6.07, 6.45) is 0. The number of pyridine rings is 1. The van der Waals surface area contributed by atoms with Crippen molar-refractivity contribution in [2.24, 2.45) is 0 Å². The Morgan fingerprint density at radius 3 is 2.67 bits per heavy atom. The molecule has 8 heteroatoms. The van der Waals surface area contributed by atoms with Gasteiger partial charge in [-0.05, 0) is 42.1 Å². The molecular weight excluding hydrogens is 486 g/mol. The highest BCUT2D eigenvalue weighted by molar-refractivity contribution is 7.22. The first-order chi connectivity index (χ1) is 17.7. The van der Waals surface area contributed by atoms with Crippen LogP contribution >= 0.6 is 22.7 Å². The molecule has 4 heterocycles. The summed E-state index contributed by atoms with van der Waals surface area (Å²) in [5.74, 6) is -0.0464. The van der Waals surface area contributed by atoms with Gasteiger partial charge in [0.1, 0.15) is 0 Å². The molecule has 1 N–H and O–H groups in total. The summed E-state index contributed by atoms with van der Waals surface area (Å²) >= 11 is 3.41.